The average Bonchev–Trinajstić information content (AvgIpc) is 3.12. The molecule has 4 rings (SSSR count). The zero-order chi connectivity index (χ0) is 19.7. The predicted molar refractivity (Wildman–Crippen MR) is 101 cm³/mol. The zero-order valence-corrected chi connectivity index (χ0v) is 15.8. The Labute approximate surface area is 165 Å². The lowest BCUT2D eigenvalue weighted by molar-refractivity contribution is 0.174. The van der Waals surface area contributed by atoms with E-state index in [4.69, 9.17) is 16.1 Å². The summed E-state index contributed by atoms with van der Waals surface area (Å²) in [6, 6.07) is 8.33. The number of halogens is 1. The van der Waals surface area contributed by atoms with Gasteiger partial charge in [0.25, 0.3) is 5.56 Å². The van der Waals surface area contributed by atoms with Gasteiger partial charge < -0.3 is 9.63 Å². The maximum Gasteiger partial charge on any atom is 0.331 e. The standard InChI is InChI=1S/C19H19ClN4O4/c20-13-6-4-12(5-7-13)15(25)10-16-21-17(28-22-16)11-24-18(26)9-14-3-1-2-8-23(14)19(24)27/h4-7,9,15,25H,1-3,8,10-11H2/t15-/m0/s1. The van der Waals surface area contributed by atoms with Gasteiger partial charge in [-0.3, -0.25) is 13.9 Å². The van der Waals surface area contributed by atoms with E-state index in [0.717, 1.165) is 29.5 Å². The molecule has 1 aliphatic heterocycles. The Morgan fingerprint density at radius 2 is 2.00 bits per heavy atom. The summed E-state index contributed by atoms with van der Waals surface area (Å²) in [7, 11) is 0. The predicted octanol–water partition coefficient (Wildman–Crippen LogP) is 1.71. The van der Waals surface area contributed by atoms with Gasteiger partial charge in [0, 0.05) is 29.7 Å². The van der Waals surface area contributed by atoms with Gasteiger partial charge >= 0.3 is 5.69 Å². The molecule has 0 bridgehead atoms. The maximum absolute atomic E-state index is 12.6. The van der Waals surface area contributed by atoms with Crippen molar-refractivity contribution in [1.82, 2.24) is 19.3 Å². The highest BCUT2D eigenvalue weighted by Gasteiger charge is 2.18. The largest absolute Gasteiger partial charge is 0.388 e. The van der Waals surface area contributed by atoms with Crippen LogP contribution in [0.25, 0.3) is 0 Å². The minimum atomic E-state index is -0.820. The Morgan fingerprint density at radius 3 is 2.79 bits per heavy atom. The number of benzene rings is 1. The second kappa shape index (κ2) is 7.73. The Kier molecular flexibility index (Phi) is 5.15. The summed E-state index contributed by atoms with van der Waals surface area (Å²) >= 11 is 5.85. The summed E-state index contributed by atoms with van der Waals surface area (Å²) < 4.78 is 7.91. The van der Waals surface area contributed by atoms with Gasteiger partial charge in [0.15, 0.2) is 5.82 Å². The first-order valence-corrected chi connectivity index (χ1v) is 9.47. The second-order valence-electron chi connectivity index (χ2n) is 6.83. The molecule has 1 N–H and O–H groups in total. The molecule has 3 aromatic rings. The summed E-state index contributed by atoms with van der Waals surface area (Å²) in [5.74, 6) is 0.442. The number of rotatable bonds is 5. The van der Waals surface area contributed by atoms with Crippen LogP contribution in [0.3, 0.4) is 0 Å². The molecule has 146 valence electrons. The van der Waals surface area contributed by atoms with E-state index in [-0.39, 0.29) is 30.1 Å². The number of fused-ring (bicyclic) bond motifs is 1. The van der Waals surface area contributed by atoms with Crippen molar-refractivity contribution < 1.29 is 9.63 Å². The van der Waals surface area contributed by atoms with Crippen LogP contribution in [-0.2, 0) is 25.9 Å². The van der Waals surface area contributed by atoms with Gasteiger partial charge in [-0.2, -0.15) is 4.98 Å². The van der Waals surface area contributed by atoms with Gasteiger partial charge in [0.1, 0.15) is 6.54 Å². The molecular weight excluding hydrogens is 384 g/mol. The molecule has 28 heavy (non-hydrogen) atoms. The van der Waals surface area contributed by atoms with Crippen molar-refractivity contribution in [3.63, 3.8) is 0 Å². The molecule has 1 aliphatic rings. The second-order valence-corrected chi connectivity index (χ2v) is 7.26. The Bertz CT molecular complexity index is 1100. The highest BCUT2D eigenvalue weighted by atomic mass is 35.5. The quantitative estimate of drug-likeness (QED) is 0.696. The Hall–Kier alpha value is -2.71. The van der Waals surface area contributed by atoms with Crippen LogP contribution >= 0.6 is 11.6 Å². The summed E-state index contributed by atoms with van der Waals surface area (Å²) in [6.07, 6.45) is 1.95. The van der Waals surface area contributed by atoms with E-state index in [0.29, 0.717) is 23.0 Å². The van der Waals surface area contributed by atoms with Crippen LogP contribution < -0.4 is 11.2 Å². The van der Waals surface area contributed by atoms with Crippen molar-refractivity contribution in [3.05, 3.63) is 79.2 Å². The smallest absolute Gasteiger partial charge is 0.331 e. The summed E-state index contributed by atoms with van der Waals surface area (Å²) in [6.45, 7) is 0.513. The number of nitrogens with zero attached hydrogens (tertiary/aromatic N) is 4. The van der Waals surface area contributed by atoms with Crippen LogP contribution in [0.4, 0.5) is 0 Å². The van der Waals surface area contributed by atoms with Crippen LogP contribution in [0.15, 0.2) is 44.4 Å². The molecule has 0 radical (unpaired) electrons. The third-order valence-corrected chi connectivity index (χ3v) is 5.12. The monoisotopic (exact) mass is 402 g/mol. The number of hydrogen-bond donors (Lipinski definition) is 1. The van der Waals surface area contributed by atoms with Crippen LogP contribution in [0.5, 0.6) is 0 Å². The lowest BCUT2D eigenvalue weighted by atomic mass is 10.1. The van der Waals surface area contributed by atoms with Gasteiger partial charge in [-0.1, -0.05) is 28.9 Å². The molecular formula is C19H19ClN4O4. The lowest BCUT2D eigenvalue weighted by Gasteiger charge is -2.18. The fraction of sp³-hybridized carbons (Fsp3) is 0.368. The molecule has 2 aromatic heterocycles. The minimum absolute atomic E-state index is 0.0953. The van der Waals surface area contributed by atoms with Crippen LogP contribution in [0.2, 0.25) is 5.02 Å². The molecule has 0 unspecified atom stereocenters. The number of hydrogen-bond acceptors (Lipinski definition) is 6. The van der Waals surface area contributed by atoms with E-state index in [1.165, 1.54) is 6.07 Å². The first kappa shape index (κ1) is 18.6. The van der Waals surface area contributed by atoms with Gasteiger partial charge in [0.05, 0.1) is 6.10 Å². The summed E-state index contributed by atoms with van der Waals surface area (Å²) in [4.78, 5) is 29.2. The molecule has 9 heteroatoms. The van der Waals surface area contributed by atoms with Gasteiger partial charge in [0.2, 0.25) is 5.89 Å². The highest BCUT2D eigenvalue weighted by Crippen LogP contribution is 2.19. The molecule has 3 heterocycles. The number of aliphatic hydroxyl groups excluding tert-OH is 1. The minimum Gasteiger partial charge on any atom is -0.388 e. The van der Waals surface area contributed by atoms with Crippen LogP contribution in [0, 0.1) is 0 Å². The number of aromatic nitrogens is 4. The third-order valence-electron chi connectivity index (χ3n) is 4.86. The molecule has 0 saturated carbocycles. The summed E-state index contributed by atoms with van der Waals surface area (Å²) in [5, 5.41) is 14.7. The van der Waals surface area contributed by atoms with Gasteiger partial charge in [-0.25, -0.2) is 4.79 Å². The van der Waals surface area contributed by atoms with Crippen molar-refractivity contribution in [1.29, 1.82) is 0 Å². The molecule has 0 aliphatic carbocycles. The van der Waals surface area contributed by atoms with E-state index in [1.807, 2.05) is 0 Å². The van der Waals surface area contributed by atoms with E-state index in [9.17, 15) is 14.7 Å². The Balaban J connectivity index is 1.52. The first-order chi connectivity index (χ1) is 13.5. The molecule has 0 spiro atoms. The van der Waals surface area contributed by atoms with Gasteiger partial charge in [-0.05, 0) is 37.0 Å². The third kappa shape index (κ3) is 3.79. The normalized spacial score (nSPS) is 14.6. The van der Waals surface area contributed by atoms with Crippen LogP contribution in [-0.4, -0.2) is 24.4 Å². The average molecular weight is 403 g/mol. The fourth-order valence-corrected chi connectivity index (χ4v) is 3.50. The fourth-order valence-electron chi connectivity index (χ4n) is 3.38. The van der Waals surface area contributed by atoms with E-state index >= 15 is 0 Å². The van der Waals surface area contributed by atoms with Crippen molar-refractivity contribution in [2.75, 3.05) is 0 Å². The number of aliphatic hydroxyl groups is 1. The SMILES string of the molecule is O=c1cc2n(c(=O)n1Cc1nc(C[C@H](O)c3ccc(Cl)cc3)no1)CCCC2. The maximum atomic E-state index is 12.6. The topological polar surface area (TPSA) is 103 Å². The zero-order valence-electron chi connectivity index (χ0n) is 15.0. The van der Waals surface area contributed by atoms with E-state index in [1.54, 1.807) is 28.8 Å². The molecule has 1 aromatic carbocycles. The van der Waals surface area contributed by atoms with E-state index < -0.39 is 6.10 Å². The number of aryl methyl sites for hydroxylation is 1. The first-order valence-electron chi connectivity index (χ1n) is 9.10. The molecule has 0 fully saturated rings. The molecule has 8 nitrogen and oxygen atoms in total. The summed E-state index contributed by atoms with van der Waals surface area (Å²) in [5.41, 5.74) is 0.719. The molecule has 1 atom stereocenters. The van der Waals surface area contributed by atoms with Crippen LogP contribution in [0.1, 0.15) is 41.9 Å². The lowest BCUT2D eigenvalue weighted by Crippen LogP contribution is -2.42. The Morgan fingerprint density at radius 1 is 1.21 bits per heavy atom. The van der Waals surface area contributed by atoms with Gasteiger partial charge in [-0.15, -0.1) is 0 Å². The van der Waals surface area contributed by atoms with Crippen molar-refractivity contribution >= 4 is 11.6 Å². The van der Waals surface area contributed by atoms with Crippen molar-refractivity contribution in [2.45, 2.75) is 44.9 Å². The molecule has 0 saturated heterocycles. The van der Waals surface area contributed by atoms with E-state index in [2.05, 4.69) is 10.1 Å². The van der Waals surface area contributed by atoms with Crippen molar-refractivity contribution in [2.24, 2.45) is 0 Å². The highest BCUT2D eigenvalue weighted by molar-refractivity contribution is 6.30. The van der Waals surface area contributed by atoms with Crippen molar-refractivity contribution in [3.8, 4) is 0 Å². The molecule has 0 amide bonds.